The number of ether oxygens (including phenoxy) is 1. The van der Waals surface area contributed by atoms with Gasteiger partial charge in [-0.05, 0) is 69.2 Å². The number of benzene rings is 1. The molecule has 7 heteroatoms. The third kappa shape index (κ3) is 4.21. The molecule has 6 nitrogen and oxygen atoms in total. The number of methoxy groups -OCH3 is 1. The molecule has 2 heterocycles. The molecule has 0 aliphatic carbocycles. The molecule has 154 valence electrons. The Morgan fingerprint density at radius 1 is 1.28 bits per heavy atom. The van der Waals surface area contributed by atoms with Crippen molar-refractivity contribution in [3.63, 3.8) is 0 Å². The van der Waals surface area contributed by atoms with Crippen LogP contribution in [0.1, 0.15) is 28.5 Å². The van der Waals surface area contributed by atoms with Crippen LogP contribution in [0.5, 0.6) is 5.75 Å². The van der Waals surface area contributed by atoms with Crippen LogP contribution in [-0.2, 0) is 9.59 Å². The van der Waals surface area contributed by atoms with Gasteiger partial charge in [-0.2, -0.15) is 0 Å². The molecule has 1 atom stereocenters. The van der Waals surface area contributed by atoms with Crippen molar-refractivity contribution in [2.24, 2.45) is 0 Å². The van der Waals surface area contributed by atoms with E-state index in [9.17, 15) is 14.7 Å². The summed E-state index contributed by atoms with van der Waals surface area (Å²) in [5.74, 6) is -0.656. The lowest BCUT2D eigenvalue weighted by atomic mass is 9.98. The number of aliphatic hydroxyl groups is 1. The molecule has 2 aromatic rings. The van der Waals surface area contributed by atoms with Crippen LogP contribution < -0.4 is 4.74 Å². The Morgan fingerprint density at radius 3 is 2.62 bits per heavy atom. The summed E-state index contributed by atoms with van der Waals surface area (Å²) in [5, 5.41) is 12.9. The summed E-state index contributed by atoms with van der Waals surface area (Å²) in [7, 11) is 5.52. The summed E-state index contributed by atoms with van der Waals surface area (Å²) < 4.78 is 5.27. The average Bonchev–Trinajstić information content (AvgIpc) is 3.29. The van der Waals surface area contributed by atoms with E-state index in [4.69, 9.17) is 4.74 Å². The lowest BCUT2D eigenvalue weighted by Crippen LogP contribution is -2.32. The smallest absolute Gasteiger partial charge is 0.295 e. The fraction of sp³-hybridized carbons (Fsp3) is 0.364. The van der Waals surface area contributed by atoms with Crippen LogP contribution in [0.4, 0.5) is 0 Å². The Balaban J connectivity index is 2.05. The molecule has 1 saturated heterocycles. The fourth-order valence-corrected chi connectivity index (χ4v) is 4.44. The van der Waals surface area contributed by atoms with E-state index in [0.717, 1.165) is 23.4 Å². The highest BCUT2D eigenvalue weighted by molar-refractivity contribution is 7.10. The van der Waals surface area contributed by atoms with Gasteiger partial charge in [0.15, 0.2) is 0 Å². The molecule has 0 saturated carbocycles. The summed E-state index contributed by atoms with van der Waals surface area (Å²) in [6.07, 6.45) is 0.740. The average molecular weight is 415 g/mol. The van der Waals surface area contributed by atoms with Crippen LogP contribution in [0.2, 0.25) is 0 Å². The number of rotatable bonds is 7. The molecule has 0 spiro atoms. The van der Waals surface area contributed by atoms with Crippen LogP contribution in [-0.4, -0.2) is 60.9 Å². The number of ketones is 1. The van der Waals surface area contributed by atoms with Crippen molar-refractivity contribution in [2.75, 3.05) is 34.3 Å². The Kier molecular flexibility index (Phi) is 6.39. The first-order chi connectivity index (χ1) is 13.8. The highest BCUT2D eigenvalue weighted by Gasteiger charge is 2.46. The van der Waals surface area contributed by atoms with Gasteiger partial charge in [0.05, 0.1) is 18.7 Å². The highest BCUT2D eigenvalue weighted by atomic mass is 32.1. The lowest BCUT2D eigenvalue weighted by Gasteiger charge is -2.24. The van der Waals surface area contributed by atoms with E-state index in [-0.39, 0.29) is 11.3 Å². The molecule has 1 aliphatic rings. The number of nitrogens with zero attached hydrogens (tertiary/aromatic N) is 2. The molecular weight excluding hydrogens is 388 g/mol. The van der Waals surface area contributed by atoms with Gasteiger partial charge in [0.2, 0.25) is 0 Å². The molecule has 3 rings (SSSR count). The summed E-state index contributed by atoms with van der Waals surface area (Å²) in [5.41, 5.74) is 1.48. The van der Waals surface area contributed by atoms with Gasteiger partial charge in [-0.25, -0.2) is 0 Å². The SMILES string of the molecule is COc1ccc(C(O)=C2C(=O)C(=O)N(CCCN(C)C)[C@@H]2c2cccs2)cc1C. The van der Waals surface area contributed by atoms with Gasteiger partial charge in [-0.15, -0.1) is 11.3 Å². The minimum atomic E-state index is -0.640. The second-order valence-corrected chi connectivity index (χ2v) is 8.33. The fourth-order valence-electron chi connectivity index (χ4n) is 3.59. The van der Waals surface area contributed by atoms with Crippen molar-refractivity contribution in [1.29, 1.82) is 0 Å². The summed E-state index contributed by atoms with van der Waals surface area (Å²) in [6.45, 7) is 3.12. The van der Waals surface area contributed by atoms with Crippen molar-refractivity contribution >= 4 is 28.8 Å². The first-order valence-electron chi connectivity index (χ1n) is 9.46. The summed E-state index contributed by atoms with van der Waals surface area (Å²) in [4.78, 5) is 30.2. The minimum Gasteiger partial charge on any atom is -0.507 e. The number of carbonyl (C=O) groups excluding carboxylic acids is 2. The predicted octanol–water partition coefficient (Wildman–Crippen LogP) is 3.44. The second-order valence-electron chi connectivity index (χ2n) is 7.35. The van der Waals surface area contributed by atoms with Crippen LogP contribution in [0.25, 0.3) is 5.76 Å². The van der Waals surface area contributed by atoms with E-state index in [1.54, 1.807) is 30.2 Å². The number of carbonyl (C=O) groups is 2. The number of amides is 1. The molecule has 0 unspecified atom stereocenters. The lowest BCUT2D eigenvalue weighted by molar-refractivity contribution is -0.139. The molecule has 1 fully saturated rings. The molecule has 1 aliphatic heterocycles. The standard InChI is InChI=1S/C22H26N2O4S/c1-14-13-15(8-9-16(14)28-4)20(25)18-19(17-7-5-12-29-17)24(22(27)21(18)26)11-6-10-23(2)3/h5,7-9,12-13,19,25H,6,10-11H2,1-4H3/t19-/m1/s1. The van der Waals surface area contributed by atoms with Crippen molar-refractivity contribution < 1.29 is 19.4 Å². The van der Waals surface area contributed by atoms with Crippen molar-refractivity contribution in [1.82, 2.24) is 9.80 Å². The maximum absolute atomic E-state index is 12.9. The first-order valence-corrected chi connectivity index (χ1v) is 10.3. The molecular formula is C22H26N2O4S. The Hall–Kier alpha value is -2.64. The third-order valence-corrected chi connectivity index (χ3v) is 5.95. The number of aliphatic hydroxyl groups excluding tert-OH is 1. The third-order valence-electron chi connectivity index (χ3n) is 5.03. The Morgan fingerprint density at radius 2 is 2.03 bits per heavy atom. The van der Waals surface area contributed by atoms with E-state index >= 15 is 0 Å². The van der Waals surface area contributed by atoms with Crippen LogP contribution in [0.3, 0.4) is 0 Å². The molecule has 1 amide bonds. The van der Waals surface area contributed by atoms with Crippen molar-refractivity contribution in [3.05, 3.63) is 57.3 Å². The first kappa shape index (κ1) is 21.1. The number of likely N-dealkylation sites (tertiary alicyclic amines) is 1. The normalized spacial score (nSPS) is 18.7. The number of hydrogen-bond acceptors (Lipinski definition) is 6. The van der Waals surface area contributed by atoms with E-state index in [0.29, 0.717) is 17.9 Å². The van der Waals surface area contributed by atoms with Crippen LogP contribution >= 0.6 is 11.3 Å². The quantitative estimate of drug-likeness (QED) is 0.427. The number of hydrogen-bond donors (Lipinski definition) is 1. The van der Waals surface area contributed by atoms with Gasteiger partial charge in [0, 0.05) is 17.0 Å². The zero-order valence-corrected chi connectivity index (χ0v) is 18.0. The predicted molar refractivity (Wildman–Crippen MR) is 114 cm³/mol. The molecule has 29 heavy (non-hydrogen) atoms. The van der Waals surface area contributed by atoms with E-state index in [1.165, 1.54) is 11.3 Å². The maximum atomic E-state index is 12.9. The molecule has 1 N–H and O–H groups in total. The number of thiophene rings is 1. The zero-order valence-electron chi connectivity index (χ0n) is 17.1. The van der Waals surface area contributed by atoms with E-state index in [2.05, 4.69) is 0 Å². The van der Waals surface area contributed by atoms with Gasteiger partial charge in [-0.3, -0.25) is 9.59 Å². The molecule has 1 aromatic carbocycles. The van der Waals surface area contributed by atoms with Crippen molar-refractivity contribution in [2.45, 2.75) is 19.4 Å². The zero-order chi connectivity index (χ0) is 21.1. The van der Waals surface area contributed by atoms with Crippen LogP contribution in [0.15, 0.2) is 41.3 Å². The monoisotopic (exact) mass is 414 g/mol. The molecule has 1 aromatic heterocycles. The molecule has 0 radical (unpaired) electrons. The largest absolute Gasteiger partial charge is 0.507 e. The number of aryl methyl sites for hydroxylation is 1. The second kappa shape index (κ2) is 8.80. The minimum absolute atomic E-state index is 0.145. The Labute approximate surface area is 175 Å². The molecule has 0 bridgehead atoms. The van der Waals surface area contributed by atoms with E-state index in [1.807, 2.05) is 43.4 Å². The summed E-state index contributed by atoms with van der Waals surface area (Å²) in [6, 6.07) is 8.42. The topological polar surface area (TPSA) is 70.1 Å². The maximum Gasteiger partial charge on any atom is 0.295 e. The van der Waals surface area contributed by atoms with Gasteiger partial charge in [-0.1, -0.05) is 6.07 Å². The Bertz CT molecular complexity index is 934. The van der Waals surface area contributed by atoms with Gasteiger partial charge < -0.3 is 19.6 Å². The van der Waals surface area contributed by atoms with Gasteiger partial charge >= 0.3 is 0 Å². The highest BCUT2D eigenvalue weighted by Crippen LogP contribution is 2.41. The van der Waals surface area contributed by atoms with Gasteiger partial charge in [0.1, 0.15) is 11.5 Å². The van der Waals surface area contributed by atoms with Crippen molar-refractivity contribution in [3.8, 4) is 5.75 Å². The van der Waals surface area contributed by atoms with Gasteiger partial charge in [0.25, 0.3) is 11.7 Å². The summed E-state index contributed by atoms with van der Waals surface area (Å²) >= 11 is 1.47. The number of Topliss-reactive ketones (excluding diaryl/α,β-unsaturated/α-hetero) is 1. The van der Waals surface area contributed by atoms with E-state index < -0.39 is 17.7 Å². The van der Waals surface area contributed by atoms with Crippen LogP contribution in [0, 0.1) is 6.92 Å².